The largest absolute Gasteiger partial charge is 0.481 e. The van der Waals surface area contributed by atoms with Crippen LogP contribution in [0.5, 0.6) is 0 Å². The minimum absolute atomic E-state index is 0.00116. The average molecular weight is 241 g/mol. The quantitative estimate of drug-likeness (QED) is 0.743. The standard InChI is InChI=1S/C9H7NO5S/c11-7(12)4-5-2-1-3-6-8(5)16(14,15)10-9(6)13/h1-3H,4H2,(H,10,13)(H,11,12). The predicted molar refractivity (Wildman–Crippen MR) is 52.4 cm³/mol. The summed E-state index contributed by atoms with van der Waals surface area (Å²) in [6.07, 6.45) is -0.433. The molecule has 0 unspecified atom stereocenters. The van der Waals surface area contributed by atoms with Gasteiger partial charge in [-0.05, 0) is 11.6 Å². The first-order valence-electron chi connectivity index (χ1n) is 4.32. The molecule has 1 amide bonds. The summed E-state index contributed by atoms with van der Waals surface area (Å²) >= 11 is 0. The molecular formula is C9H7NO5S. The van der Waals surface area contributed by atoms with Gasteiger partial charge in [-0.25, -0.2) is 13.1 Å². The number of carbonyl (C=O) groups excluding carboxylic acids is 1. The van der Waals surface area contributed by atoms with Crippen LogP contribution in [0.2, 0.25) is 0 Å². The monoisotopic (exact) mass is 241 g/mol. The molecule has 7 heteroatoms. The third-order valence-corrected chi connectivity index (χ3v) is 3.65. The van der Waals surface area contributed by atoms with E-state index in [1.54, 1.807) is 0 Å². The summed E-state index contributed by atoms with van der Waals surface area (Å²) in [6, 6.07) is 4.18. The van der Waals surface area contributed by atoms with Gasteiger partial charge in [-0.15, -0.1) is 0 Å². The third kappa shape index (κ3) is 1.54. The number of hydrogen-bond donors (Lipinski definition) is 2. The number of carboxylic acids is 1. The zero-order valence-corrected chi connectivity index (χ0v) is 8.74. The molecule has 0 aliphatic carbocycles. The van der Waals surface area contributed by atoms with Crippen LogP contribution < -0.4 is 4.72 Å². The number of benzene rings is 1. The molecule has 0 fully saturated rings. The van der Waals surface area contributed by atoms with Gasteiger partial charge < -0.3 is 5.11 Å². The lowest BCUT2D eigenvalue weighted by molar-refractivity contribution is -0.136. The number of sulfonamides is 1. The lowest BCUT2D eigenvalue weighted by Gasteiger charge is -2.02. The molecule has 1 heterocycles. The number of carbonyl (C=O) groups is 2. The maximum atomic E-state index is 11.5. The molecule has 0 atom stereocenters. The molecule has 0 aromatic heterocycles. The highest BCUT2D eigenvalue weighted by Crippen LogP contribution is 2.26. The summed E-state index contributed by atoms with van der Waals surface area (Å²) in [4.78, 5) is 21.6. The normalized spacial score (nSPS) is 16.6. The maximum absolute atomic E-state index is 11.5. The van der Waals surface area contributed by atoms with Crippen molar-refractivity contribution in [1.29, 1.82) is 0 Å². The molecule has 1 aliphatic heterocycles. The van der Waals surface area contributed by atoms with Crippen molar-refractivity contribution in [3.63, 3.8) is 0 Å². The van der Waals surface area contributed by atoms with Crippen LogP contribution in [0.1, 0.15) is 15.9 Å². The van der Waals surface area contributed by atoms with Gasteiger partial charge in [0.15, 0.2) is 0 Å². The SMILES string of the molecule is O=C(O)Cc1cccc2c1S(=O)(=O)NC2=O. The van der Waals surface area contributed by atoms with E-state index in [2.05, 4.69) is 0 Å². The molecule has 0 saturated carbocycles. The van der Waals surface area contributed by atoms with Gasteiger partial charge in [0.05, 0.1) is 12.0 Å². The molecule has 0 bridgehead atoms. The van der Waals surface area contributed by atoms with Crippen LogP contribution in [0, 0.1) is 0 Å². The lowest BCUT2D eigenvalue weighted by Crippen LogP contribution is -2.21. The number of rotatable bonds is 2. The van der Waals surface area contributed by atoms with Gasteiger partial charge in [0, 0.05) is 0 Å². The van der Waals surface area contributed by atoms with Gasteiger partial charge >= 0.3 is 5.97 Å². The summed E-state index contributed by atoms with van der Waals surface area (Å²) in [5.74, 6) is -1.87. The molecule has 1 aromatic rings. The first-order chi connectivity index (χ1) is 7.42. The number of nitrogens with one attached hydrogen (secondary N) is 1. The van der Waals surface area contributed by atoms with E-state index in [0.717, 1.165) is 0 Å². The van der Waals surface area contributed by atoms with Gasteiger partial charge in [-0.1, -0.05) is 12.1 Å². The van der Waals surface area contributed by atoms with Gasteiger partial charge in [-0.3, -0.25) is 9.59 Å². The minimum Gasteiger partial charge on any atom is -0.481 e. The Labute approximate surface area is 90.9 Å². The molecule has 0 saturated heterocycles. The average Bonchev–Trinajstić information content (AvgIpc) is 2.37. The zero-order valence-electron chi connectivity index (χ0n) is 7.93. The molecule has 1 aromatic carbocycles. The number of fused-ring (bicyclic) bond motifs is 1. The maximum Gasteiger partial charge on any atom is 0.307 e. The predicted octanol–water partition coefficient (Wildman–Crippen LogP) is -0.254. The van der Waals surface area contributed by atoms with Crippen molar-refractivity contribution in [2.45, 2.75) is 11.3 Å². The lowest BCUT2D eigenvalue weighted by atomic mass is 10.1. The van der Waals surface area contributed by atoms with E-state index in [1.807, 2.05) is 4.72 Å². The smallest absolute Gasteiger partial charge is 0.307 e. The Morgan fingerprint density at radius 3 is 2.69 bits per heavy atom. The Balaban J connectivity index is 2.68. The van der Waals surface area contributed by atoms with Gasteiger partial charge in [-0.2, -0.15) is 0 Å². The molecule has 84 valence electrons. The summed E-state index contributed by atoms with van der Waals surface area (Å²) in [5.41, 5.74) is 0.113. The van der Waals surface area contributed by atoms with Crippen molar-refractivity contribution in [3.05, 3.63) is 29.3 Å². The first kappa shape index (κ1) is 10.6. The molecule has 1 aliphatic rings. The molecule has 0 radical (unpaired) electrons. The fraction of sp³-hybridized carbons (Fsp3) is 0.111. The fourth-order valence-corrected chi connectivity index (χ4v) is 3.00. The number of aliphatic carboxylic acids is 1. The molecule has 6 nitrogen and oxygen atoms in total. The zero-order chi connectivity index (χ0) is 11.9. The second kappa shape index (κ2) is 3.31. The Morgan fingerprint density at radius 2 is 2.06 bits per heavy atom. The molecule has 0 spiro atoms. The van der Waals surface area contributed by atoms with Crippen molar-refractivity contribution in [1.82, 2.24) is 4.72 Å². The molecular weight excluding hydrogens is 234 g/mol. The fourth-order valence-electron chi connectivity index (χ4n) is 1.61. The Bertz CT molecular complexity index is 590. The summed E-state index contributed by atoms with van der Waals surface area (Å²) in [6.45, 7) is 0. The van der Waals surface area contributed by atoms with Gasteiger partial charge in [0.2, 0.25) is 0 Å². The second-order valence-corrected chi connectivity index (χ2v) is 4.92. The third-order valence-electron chi connectivity index (χ3n) is 2.18. The van der Waals surface area contributed by atoms with E-state index >= 15 is 0 Å². The highest BCUT2D eigenvalue weighted by molar-refractivity contribution is 7.90. The van der Waals surface area contributed by atoms with Crippen molar-refractivity contribution in [2.75, 3.05) is 0 Å². The Morgan fingerprint density at radius 1 is 1.38 bits per heavy atom. The van der Waals surface area contributed by atoms with Crippen molar-refractivity contribution in [3.8, 4) is 0 Å². The van der Waals surface area contributed by atoms with Gasteiger partial charge in [0.25, 0.3) is 15.9 Å². The van der Waals surface area contributed by atoms with E-state index in [1.165, 1.54) is 18.2 Å². The summed E-state index contributed by atoms with van der Waals surface area (Å²) in [5, 5.41) is 8.63. The van der Waals surface area contributed by atoms with Crippen molar-refractivity contribution >= 4 is 21.9 Å². The topological polar surface area (TPSA) is 101 Å². The first-order valence-corrected chi connectivity index (χ1v) is 5.81. The van der Waals surface area contributed by atoms with Crippen LogP contribution in [0.4, 0.5) is 0 Å². The number of amides is 1. The molecule has 2 rings (SSSR count). The highest BCUT2D eigenvalue weighted by atomic mass is 32.2. The van der Waals surface area contributed by atoms with E-state index in [9.17, 15) is 18.0 Å². The van der Waals surface area contributed by atoms with Crippen LogP contribution in [-0.2, 0) is 21.2 Å². The van der Waals surface area contributed by atoms with Crippen LogP contribution in [0.25, 0.3) is 0 Å². The number of carboxylic acid groups (broad SMARTS) is 1. The second-order valence-electron chi connectivity index (χ2n) is 3.30. The van der Waals surface area contributed by atoms with Crippen LogP contribution >= 0.6 is 0 Å². The summed E-state index contributed by atoms with van der Waals surface area (Å²) in [7, 11) is -3.89. The van der Waals surface area contributed by atoms with E-state index in [4.69, 9.17) is 5.11 Å². The van der Waals surface area contributed by atoms with E-state index in [-0.39, 0.29) is 16.0 Å². The Hall–Kier alpha value is -1.89. The number of hydrogen-bond acceptors (Lipinski definition) is 4. The van der Waals surface area contributed by atoms with Crippen LogP contribution in [0.15, 0.2) is 23.1 Å². The Kier molecular flexibility index (Phi) is 2.20. The van der Waals surface area contributed by atoms with Crippen LogP contribution in [0.3, 0.4) is 0 Å². The van der Waals surface area contributed by atoms with Crippen molar-refractivity contribution in [2.24, 2.45) is 0 Å². The van der Waals surface area contributed by atoms with E-state index in [0.29, 0.717) is 0 Å². The summed E-state index contributed by atoms with van der Waals surface area (Å²) < 4.78 is 24.9. The van der Waals surface area contributed by atoms with Crippen molar-refractivity contribution < 1.29 is 23.1 Å². The highest BCUT2D eigenvalue weighted by Gasteiger charge is 2.34. The minimum atomic E-state index is -3.89. The van der Waals surface area contributed by atoms with E-state index < -0.39 is 28.3 Å². The van der Waals surface area contributed by atoms with Gasteiger partial charge in [0.1, 0.15) is 4.90 Å². The van der Waals surface area contributed by atoms with Crippen LogP contribution in [-0.4, -0.2) is 25.4 Å². The molecule has 16 heavy (non-hydrogen) atoms. The molecule has 2 N–H and O–H groups in total.